The molecule has 0 unspecified atom stereocenters. The molecule has 0 bridgehead atoms. The van der Waals surface area contributed by atoms with E-state index in [1.54, 1.807) is 10.4 Å². The summed E-state index contributed by atoms with van der Waals surface area (Å²) in [5.41, 5.74) is 3.38. The molecule has 1 amide bonds. The Hall–Kier alpha value is -2.58. The Balaban J connectivity index is 1.36. The number of rotatable bonds is 9. The maximum atomic E-state index is 12.6. The summed E-state index contributed by atoms with van der Waals surface area (Å²) < 4.78 is 32.3. The van der Waals surface area contributed by atoms with E-state index in [0.29, 0.717) is 44.9 Å². The van der Waals surface area contributed by atoms with Crippen LogP contribution >= 0.6 is 0 Å². The van der Waals surface area contributed by atoms with E-state index in [4.69, 9.17) is 4.74 Å². The summed E-state index contributed by atoms with van der Waals surface area (Å²) in [4.78, 5) is 14.1. The van der Waals surface area contributed by atoms with Crippen LogP contribution in [-0.2, 0) is 14.8 Å². The van der Waals surface area contributed by atoms with Crippen molar-refractivity contribution in [2.45, 2.75) is 20.3 Å². The van der Waals surface area contributed by atoms with Crippen molar-refractivity contribution in [3.8, 4) is 5.75 Å². The highest BCUT2D eigenvalue weighted by atomic mass is 32.2. The summed E-state index contributed by atoms with van der Waals surface area (Å²) in [7, 11) is -3.33. The average Bonchev–Trinajstić information content (AvgIpc) is 2.75. The molecule has 2 aromatic carbocycles. The number of hydrogen-bond acceptors (Lipinski definition) is 5. The first kappa shape index (κ1) is 23.1. The summed E-state index contributed by atoms with van der Waals surface area (Å²) in [6.45, 7) is 6.54. The molecule has 1 aliphatic rings. The molecule has 0 spiro atoms. The van der Waals surface area contributed by atoms with Gasteiger partial charge in [-0.3, -0.25) is 4.79 Å². The number of piperazine rings is 1. The quantitative estimate of drug-likeness (QED) is 0.600. The summed E-state index contributed by atoms with van der Waals surface area (Å²) in [6.07, 6.45) is 0.372. The van der Waals surface area contributed by atoms with Crippen LogP contribution in [0, 0.1) is 13.8 Å². The fourth-order valence-corrected chi connectivity index (χ4v) is 5.05. The molecule has 31 heavy (non-hydrogen) atoms. The zero-order valence-electron chi connectivity index (χ0n) is 18.2. The SMILES string of the molecule is Cc1cccc(OCC(=O)NCCCS(=O)(=O)N2CCN(c3cccc(C)c3)CC2)c1. The van der Waals surface area contributed by atoms with E-state index in [9.17, 15) is 13.2 Å². The predicted molar refractivity (Wildman–Crippen MR) is 123 cm³/mol. The van der Waals surface area contributed by atoms with Gasteiger partial charge in [0.25, 0.3) is 5.91 Å². The Labute approximate surface area is 185 Å². The van der Waals surface area contributed by atoms with E-state index in [1.807, 2.05) is 31.2 Å². The van der Waals surface area contributed by atoms with Gasteiger partial charge in [-0.05, 0) is 55.7 Å². The van der Waals surface area contributed by atoms with Crippen LogP contribution in [0.4, 0.5) is 5.69 Å². The third-order valence-electron chi connectivity index (χ3n) is 5.26. The fourth-order valence-electron chi connectivity index (χ4n) is 3.57. The van der Waals surface area contributed by atoms with E-state index in [1.165, 1.54) is 5.56 Å². The van der Waals surface area contributed by atoms with Crippen molar-refractivity contribution in [3.63, 3.8) is 0 Å². The molecule has 8 heteroatoms. The summed E-state index contributed by atoms with van der Waals surface area (Å²) >= 11 is 0. The van der Waals surface area contributed by atoms with E-state index in [2.05, 4.69) is 35.3 Å². The number of nitrogens with zero attached hydrogens (tertiary/aromatic N) is 2. The number of ether oxygens (including phenoxy) is 1. The number of amides is 1. The van der Waals surface area contributed by atoms with Gasteiger partial charge >= 0.3 is 0 Å². The normalized spacial score (nSPS) is 15.0. The van der Waals surface area contributed by atoms with Gasteiger partial charge < -0.3 is 15.0 Å². The molecule has 0 aromatic heterocycles. The van der Waals surface area contributed by atoms with Crippen molar-refractivity contribution < 1.29 is 17.9 Å². The Bertz CT molecular complexity index is 986. The molecule has 1 saturated heterocycles. The number of aryl methyl sites for hydroxylation is 2. The molecule has 1 fully saturated rings. The van der Waals surface area contributed by atoms with Crippen LogP contribution in [0.2, 0.25) is 0 Å². The second-order valence-corrected chi connectivity index (χ2v) is 9.94. The minimum atomic E-state index is -3.33. The van der Waals surface area contributed by atoms with Gasteiger partial charge in [0.05, 0.1) is 5.75 Å². The van der Waals surface area contributed by atoms with Gasteiger partial charge in [0.1, 0.15) is 5.75 Å². The van der Waals surface area contributed by atoms with Crippen molar-refractivity contribution in [1.29, 1.82) is 0 Å². The molecule has 0 atom stereocenters. The third kappa shape index (κ3) is 6.97. The van der Waals surface area contributed by atoms with Gasteiger partial charge in [0.15, 0.2) is 6.61 Å². The summed E-state index contributed by atoms with van der Waals surface area (Å²) in [5, 5.41) is 2.72. The topological polar surface area (TPSA) is 78.9 Å². The Kier molecular flexibility index (Phi) is 7.92. The molecule has 7 nitrogen and oxygen atoms in total. The third-order valence-corrected chi connectivity index (χ3v) is 7.22. The number of nitrogens with one attached hydrogen (secondary N) is 1. The Morgan fingerprint density at radius 2 is 1.68 bits per heavy atom. The molecule has 2 aromatic rings. The highest BCUT2D eigenvalue weighted by Gasteiger charge is 2.26. The van der Waals surface area contributed by atoms with Gasteiger partial charge in [0.2, 0.25) is 10.0 Å². The van der Waals surface area contributed by atoms with Crippen LogP contribution in [0.1, 0.15) is 17.5 Å². The van der Waals surface area contributed by atoms with Crippen LogP contribution in [0.5, 0.6) is 5.75 Å². The molecule has 0 radical (unpaired) electrons. The standard InChI is InChI=1S/C23H31N3O4S/c1-19-6-3-8-21(16-19)25-11-13-26(14-12-25)31(28,29)15-5-10-24-23(27)18-30-22-9-4-7-20(2)17-22/h3-4,6-9,16-17H,5,10-15,18H2,1-2H3,(H,24,27). The lowest BCUT2D eigenvalue weighted by Crippen LogP contribution is -2.49. The number of carbonyl (C=O) groups excluding carboxylic acids is 1. The van der Waals surface area contributed by atoms with Crippen LogP contribution in [0.3, 0.4) is 0 Å². The lowest BCUT2D eigenvalue weighted by atomic mass is 10.2. The molecule has 1 N–H and O–H groups in total. The predicted octanol–water partition coefficient (Wildman–Crippen LogP) is 2.34. The van der Waals surface area contributed by atoms with Crippen LogP contribution in [0.15, 0.2) is 48.5 Å². The van der Waals surface area contributed by atoms with Crippen molar-refractivity contribution >= 4 is 21.6 Å². The van der Waals surface area contributed by atoms with E-state index in [0.717, 1.165) is 11.3 Å². The molecule has 1 heterocycles. The highest BCUT2D eigenvalue weighted by Crippen LogP contribution is 2.19. The molecule has 1 aliphatic heterocycles. The smallest absolute Gasteiger partial charge is 0.257 e. The lowest BCUT2D eigenvalue weighted by molar-refractivity contribution is -0.123. The molecule has 0 saturated carbocycles. The number of carbonyl (C=O) groups is 1. The first-order valence-corrected chi connectivity index (χ1v) is 12.2. The largest absolute Gasteiger partial charge is 0.484 e. The second kappa shape index (κ2) is 10.6. The Morgan fingerprint density at radius 3 is 2.35 bits per heavy atom. The van der Waals surface area contributed by atoms with Gasteiger partial charge in [-0.15, -0.1) is 0 Å². The molecular formula is C23H31N3O4S. The molecule has 168 valence electrons. The van der Waals surface area contributed by atoms with Crippen molar-refractivity contribution in [2.24, 2.45) is 0 Å². The minimum absolute atomic E-state index is 0.0243. The van der Waals surface area contributed by atoms with Gasteiger partial charge in [-0.25, -0.2) is 8.42 Å². The van der Waals surface area contributed by atoms with E-state index < -0.39 is 10.0 Å². The zero-order chi connectivity index (χ0) is 22.3. The van der Waals surface area contributed by atoms with E-state index >= 15 is 0 Å². The number of hydrogen-bond donors (Lipinski definition) is 1. The highest BCUT2D eigenvalue weighted by molar-refractivity contribution is 7.89. The van der Waals surface area contributed by atoms with Crippen LogP contribution in [0.25, 0.3) is 0 Å². The van der Waals surface area contributed by atoms with Gasteiger partial charge in [0, 0.05) is 38.4 Å². The van der Waals surface area contributed by atoms with Gasteiger partial charge in [-0.2, -0.15) is 4.31 Å². The molecule has 0 aliphatic carbocycles. The van der Waals surface area contributed by atoms with E-state index in [-0.39, 0.29) is 18.3 Å². The number of benzene rings is 2. The minimum Gasteiger partial charge on any atom is -0.484 e. The lowest BCUT2D eigenvalue weighted by Gasteiger charge is -2.35. The van der Waals surface area contributed by atoms with Crippen molar-refractivity contribution in [1.82, 2.24) is 9.62 Å². The number of anilines is 1. The first-order chi connectivity index (χ1) is 14.8. The fraction of sp³-hybridized carbons (Fsp3) is 0.435. The van der Waals surface area contributed by atoms with Crippen LogP contribution < -0.4 is 15.0 Å². The van der Waals surface area contributed by atoms with Crippen molar-refractivity contribution in [2.75, 3.05) is 50.0 Å². The summed E-state index contributed by atoms with van der Waals surface area (Å²) in [6, 6.07) is 15.7. The zero-order valence-corrected chi connectivity index (χ0v) is 19.0. The second-order valence-electron chi connectivity index (χ2n) is 7.85. The number of sulfonamides is 1. The molecule has 3 rings (SSSR count). The maximum absolute atomic E-state index is 12.6. The first-order valence-electron chi connectivity index (χ1n) is 10.6. The van der Waals surface area contributed by atoms with Gasteiger partial charge in [-0.1, -0.05) is 24.3 Å². The maximum Gasteiger partial charge on any atom is 0.257 e. The summed E-state index contributed by atoms with van der Waals surface area (Å²) in [5.74, 6) is 0.407. The monoisotopic (exact) mass is 445 g/mol. The van der Waals surface area contributed by atoms with Crippen LogP contribution in [-0.4, -0.2) is 63.7 Å². The Morgan fingerprint density at radius 1 is 1.00 bits per heavy atom. The molecular weight excluding hydrogens is 414 g/mol. The average molecular weight is 446 g/mol. The van der Waals surface area contributed by atoms with Crippen molar-refractivity contribution in [3.05, 3.63) is 59.7 Å².